The summed E-state index contributed by atoms with van der Waals surface area (Å²) in [6.07, 6.45) is 1.36. The molecule has 4 N–H and O–H groups in total. The normalized spacial score (nSPS) is 14.0. The van der Waals surface area contributed by atoms with Crippen LogP contribution in [0.4, 0.5) is 4.79 Å². The van der Waals surface area contributed by atoms with Crippen LogP contribution < -0.4 is 5.73 Å². The second-order valence-corrected chi connectivity index (χ2v) is 5.55. The number of hydrogen-bond acceptors (Lipinski definition) is 5. The van der Waals surface area contributed by atoms with Crippen molar-refractivity contribution in [3.63, 3.8) is 0 Å². The largest absolute Gasteiger partial charge is 0.444 e. The van der Waals surface area contributed by atoms with Gasteiger partial charge in [-0.3, -0.25) is 0 Å². The average molecular weight is 289 g/mol. The van der Waals surface area contributed by atoms with Crippen LogP contribution in [0.5, 0.6) is 0 Å². The number of rotatable bonds is 7. The van der Waals surface area contributed by atoms with Gasteiger partial charge in [0.25, 0.3) is 0 Å². The third-order valence-corrected chi connectivity index (χ3v) is 2.63. The molecule has 0 aliphatic carbocycles. The van der Waals surface area contributed by atoms with E-state index in [1.807, 2.05) is 0 Å². The van der Waals surface area contributed by atoms with Crippen molar-refractivity contribution in [1.82, 2.24) is 4.90 Å². The lowest BCUT2D eigenvalue weighted by Gasteiger charge is -2.30. The van der Waals surface area contributed by atoms with Crippen LogP contribution in [0.3, 0.4) is 0 Å². The fourth-order valence-electron chi connectivity index (χ4n) is 1.64. The number of nitrogens with two attached hydrogens (primary N) is 1. The van der Waals surface area contributed by atoms with Crippen LogP contribution in [0.25, 0.3) is 0 Å². The quantitative estimate of drug-likeness (QED) is 0.363. The summed E-state index contributed by atoms with van der Waals surface area (Å²) in [5.74, 6) is 0.179. The van der Waals surface area contributed by atoms with E-state index in [9.17, 15) is 4.79 Å². The fourth-order valence-corrected chi connectivity index (χ4v) is 1.64. The predicted octanol–water partition coefficient (Wildman–Crippen LogP) is 0.692. The number of unbranched alkanes of at least 4 members (excludes halogenated alkanes) is 1. The Morgan fingerprint density at radius 2 is 1.95 bits per heavy atom. The van der Waals surface area contributed by atoms with Gasteiger partial charge in [0.1, 0.15) is 18.2 Å². The van der Waals surface area contributed by atoms with Crippen LogP contribution in [0.15, 0.2) is 4.99 Å². The van der Waals surface area contributed by atoms with Gasteiger partial charge in [-0.25, -0.2) is 9.79 Å². The molecule has 1 unspecified atom stereocenters. The summed E-state index contributed by atoms with van der Waals surface area (Å²) in [6, 6.07) is -0.455. The Balaban J connectivity index is 4.82. The van der Waals surface area contributed by atoms with Gasteiger partial charge in [0.2, 0.25) is 0 Å². The lowest BCUT2D eigenvalue weighted by Crippen LogP contribution is -2.47. The third-order valence-electron chi connectivity index (χ3n) is 2.63. The maximum atomic E-state index is 12.0. The van der Waals surface area contributed by atoms with Crippen LogP contribution in [-0.4, -0.2) is 59.1 Å². The van der Waals surface area contributed by atoms with E-state index in [4.69, 9.17) is 20.7 Å². The molecule has 0 radical (unpaired) electrons. The number of aliphatic hydroxyl groups is 2. The van der Waals surface area contributed by atoms with Crippen LogP contribution in [0.1, 0.15) is 40.0 Å². The summed E-state index contributed by atoms with van der Waals surface area (Å²) in [4.78, 5) is 17.1. The zero-order valence-electron chi connectivity index (χ0n) is 12.8. The molecule has 0 saturated carbocycles. The molecule has 1 atom stereocenters. The van der Waals surface area contributed by atoms with Crippen molar-refractivity contribution in [2.75, 3.05) is 20.4 Å². The van der Waals surface area contributed by atoms with E-state index >= 15 is 0 Å². The van der Waals surface area contributed by atoms with E-state index in [0.717, 1.165) is 0 Å². The zero-order chi connectivity index (χ0) is 15.8. The van der Waals surface area contributed by atoms with Gasteiger partial charge in [0.05, 0.1) is 6.04 Å². The molecule has 0 aromatic heterocycles. The molecule has 20 heavy (non-hydrogen) atoms. The number of nitrogens with zero attached hydrogens (tertiary/aromatic N) is 2. The molecule has 0 bridgehead atoms. The molecular formula is C13H27N3O4. The number of likely N-dealkylation sites (N-methyl/N-ethyl adjacent to an activating group) is 1. The van der Waals surface area contributed by atoms with Crippen molar-refractivity contribution in [1.29, 1.82) is 0 Å². The third kappa shape index (κ3) is 7.30. The van der Waals surface area contributed by atoms with Crippen molar-refractivity contribution < 1.29 is 19.7 Å². The molecule has 0 saturated heterocycles. The first-order chi connectivity index (χ1) is 9.22. The highest BCUT2D eigenvalue weighted by atomic mass is 16.6. The molecule has 1 amide bonds. The average Bonchev–Trinajstić information content (AvgIpc) is 2.32. The molecule has 0 aromatic carbocycles. The number of amides is 1. The maximum Gasteiger partial charge on any atom is 0.410 e. The SMILES string of the molecule is CN(C(=O)OC(C)(C)C)C(CCCCO)/C(N)=N/CO. The van der Waals surface area contributed by atoms with E-state index in [0.29, 0.717) is 19.3 Å². The van der Waals surface area contributed by atoms with Crippen molar-refractivity contribution >= 4 is 11.9 Å². The number of hydrogen-bond donors (Lipinski definition) is 3. The van der Waals surface area contributed by atoms with E-state index in [1.165, 1.54) is 4.90 Å². The van der Waals surface area contributed by atoms with E-state index in [1.54, 1.807) is 27.8 Å². The van der Waals surface area contributed by atoms with Gasteiger partial charge in [-0.1, -0.05) is 0 Å². The van der Waals surface area contributed by atoms with E-state index in [2.05, 4.69) is 4.99 Å². The van der Waals surface area contributed by atoms with Crippen LogP contribution in [0.2, 0.25) is 0 Å². The monoisotopic (exact) mass is 289 g/mol. The maximum absolute atomic E-state index is 12.0. The number of carbonyl (C=O) groups is 1. The fraction of sp³-hybridized carbons (Fsp3) is 0.846. The minimum atomic E-state index is -0.593. The summed E-state index contributed by atoms with van der Waals surface area (Å²) < 4.78 is 5.28. The second-order valence-electron chi connectivity index (χ2n) is 5.55. The number of amidine groups is 1. The molecule has 0 spiro atoms. The summed E-state index contributed by atoms with van der Waals surface area (Å²) >= 11 is 0. The molecule has 0 aliphatic rings. The van der Waals surface area contributed by atoms with Gasteiger partial charge in [0, 0.05) is 13.7 Å². The topological polar surface area (TPSA) is 108 Å². The number of ether oxygens (including phenoxy) is 1. The number of carbonyl (C=O) groups excluding carboxylic acids is 1. The Kier molecular flexibility index (Phi) is 8.17. The first-order valence-corrected chi connectivity index (χ1v) is 6.70. The molecule has 0 heterocycles. The first kappa shape index (κ1) is 18.7. The Morgan fingerprint density at radius 1 is 1.35 bits per heavy atom. The van der Waals surface area contributed by atoms with E-state index < -0.39 is 24.5 Å². The smallest absolute Gasteiger partial charge is 0.410 e. The number of aliphatic imine (C=N–C) groups is 1. The molecule has 0 rings (SSSR count). The Morgan fingerprint density at radius 3 is 2.40 bits per heavy atom. The Hall–Kier alpha value is -1.34. The van der Waals surface area contributed by atoms with E-state index in [-0.39, 0.29) is 12.4 Å². The summed E-state index contributed by atoms with van der Waals surface area (Å²) in [5.41, 5.74) is 5.20. The molecule has 7 heteroatoms. The standard InChI is InChI=1S/C13H27N3O4/c1-13(2,3)20-12(19)16(4)10(7-5-6-8-17)11(14)15-9-18/h10,17-18H,5-9H2,1-4H3,(H2,14,15). The molecule has 0 aliphatic heterocycles. The highest BCUT2D eigenvalue weighted by Gasteiger charge is 2.27. The van der Waals surface area contributed by atoms with Crippen molar-refractivity contribution in [3.8, 4) is 0 Å². The zero-order valence-corrected chi connectivity index (χ0v) is 12.8. The number of aliphatic hydroxyl groups excluding tert-OH is 2. The lowest BCUT2D eigenvalue weighted by molar-refractivity contribution is 0.0259. The molecule has 0 fully saturated rings. The second kappa shape index (κ2) is 8.76. The summed E-state index contributed by atoms with van der Waals surface area (Å²) in [7, 11) is 1.58. The van der Waals surface area contributed by atoms with Gasteiger partial charge < -0.3 is 25.6 Å². The van der Waals surface area contributed by atoms with Crippen molar-refractivity contribution in [3.05, 3.63) is 0 Å². The van der Waals surface area contributed by atoms with Gasteiger partial charge >= 0.3 is 6.09 Å². The molecule has 0 aromatic rings. The van der Waals surface area contributed by atoms with Gasteiger partial charge in [0.15, 0.2) is 0 Å². The van der Waals surface area contributed by atoms with Crippen molar-refractivity contribution in [2.24, 2.45) is 10.7 Å². The van der Waals surface area contributed by atoms with Gasteiger partial charge in [-0.05, 0) is 40.0 Å². The minimum Gasteiger partial charge on any atom is -0.444 e. The van der Waals surface area contributed by atoms with Crippen LogP contribution >= 0.6 is 0 Å². The molecule has 7 nitrogen and oxygen atoms in total. The van der Waals surface area contributed by atoms with Gasteiger partial charge in [-0.2, -0.15) is 0 Å². The van der Waals surface area contributed by atoms with Crippen LogP contribution in [-0.2, 0) is 4.74 Å². The summed E-state index contributed by atoms with van der Waals surface area (Å²) in [6.45, 7) is 5.00. The predicted molar refractivity (Wildman–Crippen MR) is 77.4 cm³/mol. The molecular weight excluding hydrogens is 262 g/mol. The first-order valence-electron chi connectivity index (χ1n) is 6.70. The molecule has 118 valence electrons. The Bertz CT molecular complexity index is 326. The highest BCUT2D eigenvalue weighted by Crippen LogP contribution is 2.14. The van der Waals surface area contributed by atoms with Crippen LogP contribution in [0, 0.1) is 0 Å². The summed E-state index contributed by atoms with van der Waals surface area (Å²) in [5, 5.41) is 17.6. The Labute approximate surface area is 120 Å². The minimum absolute atomic E-state index is 0.0833. The lowest BCUT2D eigenvalue weighted by atomic mass is 10.1. The van der Waals surface area contributed by atoms with Gasteiger partial charge in [-0.15, -0.1) is 0 Å². The van der Waals surface area contributed by atoms with Crippen molar-refractivity contribution in [2.45, 2.75) is 51.7 Å². The highest BCUT2D eigenvalue weighted by molar-refractivity contribution is 5.88.